The predicted octanol–water partition coefficient (Wildman–Crippen LogP) is 0.619. The second kappa shape index (κ2) is 5.78. The van der Waals surface area contributed by atoms with Gasteiger partial charge < -0.3 is 5.32 Å². The van der Waals surface area contributed by atoms with Crippen molar-refractivity contribution in [2.45, 2.75) is 19.4 Å². The summed E-state index contributed by atoms with van der Waals surface area (Å²) in [6, 6.07) is 9.48. The number of ketones is 1. The van der Waals surface area contributed by atoms with Gasteiger partial charge in [0.15, 0.2) is 5.78 Å². The second-order valence-electron chi connectivity index (χ2n) is 4.64. The van der Waals surface area contributed by atoms with Crippen molar-refractivity contribution in [2.75, 3.05) is 19.6 Å². The number of rotatable bonds is 4. The summed E-state index contributed by atoms with van der Waals surface area (Å²) < 4.78 is 0. The Morgan fingerprint density at radius 3 is 2.83 bits per heavy atom. The molecular formula is C14H18N2O2. The number of benzene rings is 1. The average molecular weight is 246 g/mol. The summed E-state index contributed by atoms with van der Waals surface area (Å²) in [5.41, 5.74) is 1.02. The highest BCUT2D eigenvalue weighted by Gasteiger charge is 2.26. The molecule has 1 fully saturated rings. The Bertz CT molecular complexity index is 431. The fraction of sp³-hybridized carbons (Fsp3) is 0.429. The van der Waals surface area contributed by atoms with Gasteiger partial charge in [-0.3, -0.25) is 14.5 Å². The van der Waals surface area contributed by atoms with E-state index in [4.69, 9.17) is 0 Å². The van der Waals surface area contributed by atoms with Gasteiger partial charge in [-0.15, -0.1) is 0 Å². The van der Waals surface area contributed by atoms with Crippen molar-refractivity contribution in [1.82, 2.24) is 10.2 Å². The smallest absolute Gasteiger partial charge is 0.237 e. The van der Waals surface area contributed by atoms with Gasteiger partial charge in [0, 0.05) is 19.5 Å². The molecule has 1 atom stereocenters. The van der Waals surface area contributed by atoms with Crippen molar-refractivity contribution in [3.05, 3.63) is 35.9 Å². The Morgan fingerprint density at radius 1 is 1.39 bits per heavy atom. The SMILES string of the molecule is CC1C(=O)NCCN1CC(=O)Cc1ccccc1. The highest BCUT2D eigenvalue weighted by atomic mass is 16.2. The molecular weight excluding hydrogens is 228 g/mol. The maximum absolute atomic E-state index is 12.0. The number of piperazine rings is 1. The number of Topliss-reactive ketones (excluding diaryl/α,β-unsaturated/α-hetero) is 1. The molecule has 4 heteroatoms. The van der Waals surface area contributed by atoms with Gasteiger partial charge in [0.05, 0.1) is 12.6 Å². The summed E-state index contributed by atoms with van der Waals surface area (Å²) >= 11 is 0. The highest BCUT2D eigenvalue weighted by Crippen LogP contribution is 2.06. The van der Waals surface area contributed by atoms with Gasteiger partial charge in [-0.2, -0.15) is 0 Å². The number of hydrogen-bond donors (Lipinski definition) is 1. The normalized spacial score (nSPS) is 20.5. The third-order valence-corrected chi connectivity index (χ3v) is 3.25. The molecule has 18 heavy (non-hydrogen) atoms. The van der Waals surface area contributed by atoms with Gasteiger partial charge in [0.1, 0.15) is 0 Å². The van der Waals surface area contributed by atoms with Crippen molar-refractivity contribution >= 4 is 11.7 Å². The molecule has 1 saturated heterocycles. The van der Waals surface area contributed by atoms with Crippen LogP contribution in [0.1, 0.15) is 12.5 Å². The van der Waals surface area contributed by atoms with E-state index in [1.807, 2.05) is 42.2 Å². The number of hydrogen-bond acceptors (Lipinski definition) is 3. The van der Waals surface area contributed by atoms with Gasteiger partial charge in [-0.1, -0.05) is 30.3 Å². The maximum atomic E-state index is 12.0. The van der Waals surface area contributed by atoms with Crippen LogP contribution in [0.2, 0.25) is 0 Å². The van der Waals surface area contributed by atoms with Crippen LogP contribution >= 0.6 is 0 Å². The molecule has 1 heterocycles. The number of carbonyl (C=O) groups excluding carboxylic acids is 2. The van der Waals surface area contributed by atoms with Crippen molar-refractivity contribution in [3.63, 3.8) is 0 Å². The summed E-state index contributed by atoms with van der Waals surface area (Å²) in [6.45, 7) is 3.56. The largest absolute Gasteiger partial charge is 0.353 e. The predicted molar refractivity (Wildman–Crippen MR) is 69.2 cm³/mol. The Labute approximate surface area is 107 Å². The minimum Gasteiger partial charge on any atom is -0.353 e. The summed E-state index contributed by atoms with van der Waals surface area (Å²) in [7, 11) is 0. The van der Waals surface area contributed by atoms with E-state index in [1.165, 1.54) is 0 Å². The van der Waals surface area contributed by atoms with Crippen LogP contribution in [0.15, 0.2) is 30.3 Å². The van der Waals surface area contributed by atoms with E-state index < -0.39 is 0 Å². The van der Waals surface area contributed by atoms with Crippen LogP contribution in [0.25, 0.3) is 0 Å². The molecule has 0 spiro atoms. The summed E-state index contributed by atoms with van der Waals surface area (Å²) in [6.07, 6.45) is 0.436. The van der Waals surface area contributed by atoms with Crippen molar-refractivity contribution in [1.29, 1.82) is 0 Å². The number of carbonyl (C=O) groups is 2. The van der Waals surface area contributed by atoms with Crippen molar-refractivity contribution in [2.24, 2.45) is 0 Å². The van der Waals surface area contributed by atoms with Crippen LogP contribution in [-0.2, 0) is 16.0 Å². The van der Waals surface area contributed by atoms with Gasteiger partial charge in [0.2, 0.25) is 5.91 Å². The third kappa shape index (κ3) is 3.17. The molecule has 2 rings (SSSR count). The molecule has 0 bridgehead atoms. The van der Waals surface area contributed by atoms with Crippen LogP contribution < -0.4 is 5.32 Å². The van der Waals surface area contributed by atoms with E-state index in [1.54, 1.807) is 0 Å². The Balaban J connectivity index is 1.89. The first kappa shape index (κ1) is 12.8. The summed E-state index contributed by atoms with van der Waals surface area (Å²) in [4.78, 5) is 25.4. The van der Waals surface area contributed by atoms with E-state index >= 15 is 0 Å². The fourth-order valence-electron chi connectivity index (χ4n) is 2.15. The van der Waals surface area contributed by atoms with Crippen LogP contribution in [0, 0.1) is 0 Å². The standard InChI is InChI=1S/C14H18N2O2/c1-11-14(18)15-7-8-16(11)10-13(17)9-12-5-3-2-4-6-12/h2-6,11H,7-10H2,1H3,(H,15,18). The minimum atomic E-state index is -0.210. The lowest BCUT2D eigenvalue weighted by atomic mass is 10.1. The molecule has 1 unspecified atom stereocenters. The minimum absolute atomic E-state index is 0.00811. The lowest BCUT2D eigenvalue weighted by Crippen LogP contribution is -2.55. The Hall–Kier alpha value is -1.68. The molecule has 0 aliphatic carbocycles. The molecule has 1 amide bonds. The van der Waals surface area contributed by atoms with Crippen LogP contribution in [-0.4, -0.2) is 42.3 Å². The van der Waals surface area contributed by atoms with Gasteiger partial charge in [-0.05, 0) is 12.5 Å². The Morgan fingerprint density at radius 2 is 2.11 bits per heavy atom. The first-order chi connectivity index (χ1) is 8.66. The quantitative estimate of drug-likeness (QED) is 0.847. The molecule has 1 aromatic carbocycles. The molecule has 96 valence electrons. The first-order valence-corrected chi connectivity index (χ1v) is 6.24. The summed E-state index contributed by atoms with van der Waals surface area (Å²) in [5.74, 6) is 0.163. The van der Waals surface area contributed by atoms with E-state index in [2.05, 4.69) is 5.32 Å². The van der Waals surface area contributed by atoms with Crippen LogP contribution in [0.3, 0.4) is 0 Å². The molecule has 0 saturated carbocycles. The molecule has 1 aliphatic rings. The first-order valence-electron chi connectivity index (χ1n) is 6.24. The number of amides is 1. The van der Waals surface area contributed by atoms with Crippen LogP contribution in [0.4, 0.5) is 0 Å². The highest BCUT2D eigenvalue weighted by molar-refractivity contribution is 5.85. The summed E-state index contributed by atoms with van der Waals surface area (Å²) in [5, 5.41) is 2.79. The van der Waals surface area contributed by atoms with Crippen LogP contribution in [0.5, 0.6) is 0 Å². The van der Waals surface area contributed by atoms with E-state index in [9.17, 15) is 9.59 Å². The lowest BCUT2D eigenvalue weighted by Gasteiger charge is -2.32. The fourth-order valence-corrected chi connectivity index (χ4v) is 2.15. The van der Waals surface area contributed by atoms with Crippen molar-refractivity contribution in [3.8, 4) is 0 Å². The third-order valence-electron chi connectivity index (χ3n) is 3.25. The second-order valence-corrected chi connectivity index (χ2v) is 4.64. The molecule has 0 radical (unpaired) electrons. The monoisotopic (exact) mass is 246 g/mol. The average Bonchev–Trinajstić information content (AvgIpc) is 2.36. The van der Waals surface area contributed by atoms with Gasteiger partial charge >= 0.3 is 0 Å². The number of nitrogens with zero attached hydrogens (tertiary/aromatic N) is 1. The molecule has 1 aliphatic heterocycles. The van der Waals surface area contributed by atoms with Gasteiger partial charge in [0.25, 0.3) is 0 Å². The zero-order valence-corrected chi connectivity index (χ0v) is 10.6. The van der Waals surface area contributed by atoms with Crippen molar-refractivity contribution < 1.29 is 9.59 Å². The number of nitrogens with one attached hydrogen (secondary N) is 1. The zero-order chi connectivity index (χ0) is 13.0. The molecule has 4 nitrogen and oxygen atoms in total. The molecule has 1 aromatic rings. The zero-order valence-electron chi connectivity index (χ0n) is 10.6. The maximum Gasteiger partial charge on any atom is 0.237 e. The van der Waals surface area contributed by atoms with E-state index in [-0.39, 0.29) is 17.7 Å². The lowest BCUT2D eigenvalue weighted by molar-refractivity contribution is -0.130. The van der Waals surface area contributed by atoms with Gasteiger partial charge in [-0.25, -0.2) is 0 Å². The van der Waals surface area contributed by atoms with E-state index in [0.29, 0.717) is 19.5 Å². The Kier molecular flexibility index (Phi) is 4.10. The van der Waals surface area contributed by atoms with E-state index in [0.717, 1.165) is 12.1 Å². The molecule has 0 aromatic heterocycles. The topological polar surface area (TPSA) is 49.4 Å². The molecule has 1 N–H and O–H groups in total.